The molecule has 0 spiro atoms. The van der Waals surface area contributed by atoms with Gasteiger partial charge in [0.05, 0.1) is 18.0 Å². The van der Waals surface area contributed by atoms with Gasteiger partial charge in [0, 0.05) is 12.6 Å². The Balaban J connectivity index is 1.74. The van der Waals surface area contributed by atoms with Crippen LogP contribution >= 0.6 is 11.3 Å². The zero-order chi connectivity index (χ0) is 14.4. The summed E-state index contributed by atoms with van der Waals surface area (Å²) in [5.74, 6) is -0.582. The highest BCUT2D eigenvalue weighted by Gasteiger charge is 2.26. The molecule has 1 fully saturated rings. The van der Waals surface area contributed by atoms with Crippen LogP contribution in [0.1, 0.15) is 28.9 Å². The monoisotopic (exact) mass is 297 g/mol. The summed E-state index contributed by atoms with van der Waals surface area (Å²) in [5.41, 5.74) is 4.80. The summed E-state index contributed by atoms with van der Waals surface area (Å²) in [6.45, 7) is 0.707. The van der Waals surface area contributed by atoms with Crippen LogP contribution in [-0.4, -0.2) is 47.6 Å². The molecule has 1 aliphatic rings. The van der Waals surface area contributed by atoms with E-state index in [1.807, 2.05) is 4.90 Å². The summed E-state index contributed by atoms with van der Waals surface area (Å²) in [6.07, 6.45) is 3.30. The van der Waals surface area contributed by atoms with Gasteiger partial charge in [0.1, 0.15) is 0 Å². The number of amides is 2. The van der Waals surface area contributed by atoms with Gasteiger partial charge in [0.25, 0.3) is 11.8 Å². The van der Waals surface area contributed by atoms with Crippen molar-refractivity contribution in [3.8, 4) is 0 Å². The fourth-order valence-electron chi connectivity index (χ4n) is 2.09. The van der Waals surface area contributed by atoms with Crippen molar-refractivity contribution in [2.24, 2.45) is 0 Å². The fourth-order valence-corrected chi connectivity index (χ4v) is 2.71. The zero-order valence-corrected chi connectivity index (χ0v) is 12.0. The Bertz CT molecular complexity index is 446. The smallest absolute Gasteiger partial charge is 0.279 e. The predicted octanol–water partition coefficient (Wildman–Crippen LogP) is 0.356. The lowest BCUT2D eigenvalue weighted by Gasteiger charge is -2.36. The average Bonchev–Trinajstić information content (AvgIpc) is 2.88. The van der Waals surface area contributed by atoms with Crippen LogP contribution in [0.4, 0.5) is 0 Å². The van der Waals surface area contributed by atoms with Crippen molar-refractivity contribution in [3.05, 3.63) is 22.4 Å². The van der Waals surface area contributed by atoms with Crippen LogP contribution < -0.4 is 10.9 Å². The highest BCUT2D eigenvalue weighted by molar-refractivity contribution is 7.12. The number of hydrogen-bond acceptors (Lipinski definition) is 5. The van der Waals surface area contributed by atoms with E-state index in [4.69, 9.17) is 5.11 Å². The van der Waals surface area contributed by atoms with Crippen molar-refractivity contribution in [1.29, 1.82) is 0 Å². The SMILES string of the molecule is O=C(CN(CCO)C1CCC1)NNC(=O)c1cccs1. The number of rotatable bonds is 6. The van der Waals surface area contributed by atoms with Gasteiger partial charge >= 0.3 is 0 Å². The Morgan fingerprint density at radius 1 is 1.40 bits per heavy atom. The Kier molecular flexibility index (Phi) is 5.51. The van der Waals surface area contributed by atoms with Crippen molar-refractivity contribution in [3.63, 3.8) is 0 Å². The molecule has 1 heterocycles. The quantitative estimate of drug-likeness (QED) is 0.662. The van der Waals surface area contributed by atoms with Crippen molar-refractivity contribution in [2.45, 2.75) is 25.3 Å². The van der Waals surface area contributed by atoms with E-state index in [0.717, 1.165) is 12.8 Å². The Hall–Kier alpha value is -1.44. The number of hydrogen-bond donors (Lipinski definition) is 3. The fraction of sp³-hybridized carbons (Fsp3) is 0.538. The molecule has 3 N–H and O–H groups in total. The van der Waals surface area contributed by atoms with Gasteiger partial charge in [-0.05, 0) is 24.3 Å². The lowest BCUT2D eigenvalue weighted by atomic mass is 9.91. The largest absolute Gasteiger partial charge is 0.395 e. The Morgan fingerprint density at radius 3 is 2.75 bits per heavy atom. The van der Waals surface area contributed by atoms with E-state index in [1.165, 1.54) is 17.8 Å². The highest BCUT2D eigenvalue weighted by Crippen LogP contribution is 2.24. The molecule has 1 aliphatic carbocycles. The molecule has 110 valence electrons. The maximum atomic E-state index is 11.8. The third kappa shape index (κ3) is 4.03. The maximum absolute atomic E-state index is 11.8. The van der Waals surface area contributed by atoms with Gasteiger partial charge in [-0.15, -0.1) is 11.3 Å². The number of nitrogens with one attached hydrogen (secondary N) is 2. The average molecular weight is 297 g/mol. The van der Waals surface area contributed by atoms with Gasteiger partial charge in [-0.2, -0.15) is 0 Å². The first-order valence-corrected chi connectivity index (χ1v) is 7.56. The minimum atomic E-state index is -0.314. The third-order valence-corrected chi connectivity index (χ3v) is 4.25. The van der Waals surface area contributed by atoms with E-state index >= 15 is 0 Å². The van der Waals surface area contributed by atoms with Crippen LogP contribution in [0, 0.1) is 0 Å². The molecule has 0 atom stereocenters. The topological polar surface area (TPSA) is 81.7 Å². The summed E-state index contributed by atoms with van der Waals surface area (Å²) in [7, 11) is 0. The van der Waals surface area contributed by atoms with Gasteiger partial charge in [-0.3, -0.25) is 25.3 Å². The standard InChI is InChI=1S/C13H19N3O3S/c17-7-6-16(10-3-1-4-10)9-12(18)14-15-13(19)11-5-2-8-20-11/h2,5,8,10,17H,1,3-4,6-7,9H2,(H,14,18)(H,15,19). The number of nitrogens with zero attached hydrogens (tertiary/aromatic N) is 1. The van der Waals surface area contributed by atoms with E-state index in [-0.39, 0.29) is 25.0 Å². The second kappa shape index (κ2) is 7.37. The van der Waals surface area contributed by atoms with Gasteiger partial charge in [0.15, 0.2) is 0 Å². The molecule has 0 aromatic carbocycles. The number of carbonyl (C=O) groups is 2. The minimum absolute atomic E-state index is 0.0331. The second-order valence-electron chi connectivity index (χ2n) is 4.76. The molecule has 0 unspecified atom stereocenters. The van der Waals surface area contributed by atoms with Crippen molar-refractivity contribution >= 4 is 23.2 Å². The van der Waals surface area contributed by atoms with Gasteiger partial charge < -0.3 is 5.11 Å². The van der Waals surface area contributed by atoms with Crippen molar-refractivity contribution in [2.75, 3.05) is 19.7 Å². The van der Waals surface area contributed by atoms with E-state index in [1.54, 1.807) is 17.5 Å². The highest BCUT2D eigenvalue weighted by atomic mass is 32.1. The first kappa shape index (κ1) is 15.0. The molecule has 1 aromatic rings. The summed E-state index contributed by atoms with van der Waals surface area (Å²) < 4.78 is 0. The molecule has 0 saturated heterocycles. The molecular formula is C13H19N3O3S. The van der Waals surface area contributed by atoms with E-state index in [2.05, 4.69) is 10.9 Å². The minimum Gasteiger partial charge on any atom is -0.395 e. The molecule has 1 saturated carbocycles. The molecule has 0 bridgehead atoms. The first-order chi connectivity index (χ1) is 9.70. The molecule has 6 nitrogen and oxygen atoms in total. The van der Waals surface area contributed by atoms with Crippen LogP contribution in [0.2, 0.25) is 0 Å². The first-order valence-electron chi connectivity index (χ1n) is 6.68. The predicted molar refractivity (Wildman–Crippen MR) is 76.2 cm³/mol. The number of carbonyl (C=O) groups excluding carboxylic acids is 2. The third-order valence-electron chi connectivity index (χ3n) is 3.39. The second-order valence-corrected chi connectivity index (χ2v) is 5.71. The van der Waals surface area contributed by atoms with E-state index in [0.29, 0.717) is 17.5 Å². The molecule has 0 radical (unpaired) electrons. The van der Waals surface area contributed by atoms with E-state index < -0.39 is 0 Å². The van der Waals surface area contributed by atoms with Crippen LogP contribution in [0.25, 0.3) is 0 Å². The van der Waals surface area contributed by atoms with Crippen LogP contribution in [0.15, 0.2) is 17.5 Å². The summed E-state index contributed by atoms with van der Waals surface area (Å²) >= 11 is 1.32. The number of hydrazine groups is 1. The number of aliphatic hydroxyl groups is 1. The summed E-state index contributed by atoms with van der Waals surface area (Å²) in [6, 6.07) is 3.85. The Labute approximate surface area is 121 Å². The Morgan fingerprint density at radius 2 is 2.20 bits per heavy atom. The van der Waals surface area contributed by atoms with Gasteiger partial charge in [-0.25, -0.2) is 0 Å². The molecule has 0 aliphatic heterocycles. The maximum Gasteiger partial charge on any atom is 0.279 e. The number of aliphatic hydroxyl groups excluding tert-OH is 1. The van der Waals surface area contributed by atoms with Gasteiger partial charge in [-0.1, -0.05) is 12.5 Å². The number of thiophene rings is 1. The van der Waals surface area contributed by atoms with Gasteiger partial charge in [0.2, 0.25) is 0 Å². The molecule has 2 rings (SSSR count). The van der Waals surface area contributed by atoms with Crippen LogP contribution in [-0.2, 0) is 4.79 Å². The molecule has 2 amide bonds. The van der Waals surface area contributed by atoms with Crippen molar-refractivity contribution in [1.82, 2.24) is 15.8 Å². The zero-order valence-electron chi connectivity index (χ0n) is 11.2. The van der Waals surface area contributed by atoms with Crippen molar-refractivity contribution < 1.29 is 14.7 Å². The van der Waals surface area contributed by atoms with Crippen LogP contribution in [0.5, 0.6) is 0 Å². The molecular weight excluding hydrogens is 278 g/mol. The normalized spacial score (nSPS) is 14.9. The summed E-state index contributed by atoms with van der Waals surface area (Å²) in [5, 5.41) is 10.8. The molecule has 1 aromatic heterocycles. The van der Waals surface area contributed by atoms with E-state index in [9.17, 15) is 9.59 Å². The van der Waals surface area contributed by atoms with Crippen LogP contribution in [0.3, 0.4) is 0 Å². The molecule has 7 heteroatoms. The molecule has 20 heavy (non-hydrogen) atoms. The lowest BCUT2D eigenvalue weighted by molar-refractivity contribution is -0.124. The summed E-state index contributed by atoms with van der Waals surface area (Å²) in [4.78, 5) is 26.0. The lowest BCUT2D eigenvalue weighted by Crippen LogP contribution is -2.50.